The fraction of sp³-hybridized carbons (Fsp3) is 0.316. The molecule has 2 aromatic heterocycles. The average molecular weight is 371 g/mol. The number of hydrogen-bond acceptors (Lipinski definition) is 3. The van der Waals surface area contributed by atoms with Gasteiger partial charge in [-0.1, -0.05) is 29.8 Å². The molecule has 1 aromatic carbocycles. The van der Waals surface area contributed by atoms with Crippen molar-refractivity contribution in [2.75, 3.05) is 19.6 Å². The topological polar surface area (TPSA) is 66.6 Å². The first-order valence-electron chi connectivity index (χ1n) is 8.81. The number of rotatable bonds is 7. The zero-order chi connectivity index (χ0) is 18.2. The van der Waals surface area contributed by atoms with Crippen molar-refractivity contribution in [2.24, 2.45) is 4.99 Å². The highest BCUT2D eigenvalue weighted by atomic mass is 35.5. The van der Waals surface area contributed by atoms with Gasteiger partial charge < -0.3 is 10.6 Å². The van der Waals surface area contributed by atoms with Gasteiger partial charge in [0.2, 0.25) is 0 Å². The van der Waals surface area contributed by atoms with Gasteiger partial charge >= 0.3 is 0 Å². The fourth-order valence-corrected chi connectivity index (χ4v) is 2.77. The predicted octanol–water partition coefficient (Wildman–Crippen LogP) is 2.72. The average Bonchev–Trinajstić information content (AvgIpc) is 3.07. The van der Waals surface area contributed by atoms with Crippen LogP contribution in [0.25, 0.3) is 5.65 Å². The van der Waals surface area contributed by atoms with Gasteiger partial charge in [0, 0.05) is 37.3 Å². The van der Waals surface area contributed by atoms with Crippen molar-refractivity contribution in [3.05, 3.63) is 65.1 Å². The molecule has 0 aliphatic rings. The predicted molar refractivity (Wildman–Crippen MR) is 106 cm³/mol. The van der Waals surface area contributed by atoms with Gasteiger partial charge in [-0.2, -0.15) is 0 Å². The highest BCUT2D eigenvalue weighted by Crippen LogP contribution is 2.09. The number of aliphatic imine (C=N–C) groups is 1. The number of hydrogen-bond donors (Lipinski definition) is 2. The van der Waals surface area contributed by atoms with Gasteiger partial charge in [-0.25, -0.2) is 0 Å². The lowest BCUT2D eigenvalue weighted by molar-refractivity contribution is 0.785. The highest BCUT2D eigenvalue weighted by molar-refractivity contribution is 6.30. The molecule has 3 aromatic rings. The lowest BCUT2D eigenvalue weighted by Crippen LogP contribution is -2.38. The smallest absolute Gasteiger partial charge is 0.191 e. The number of aromatic nitrogens is 3. The van der Waals surface area contributed by atoms with E-state index in [4.69, 9.17) is 11.6 Å². The third-order valence-electron chi connectivity index (χ3n) is 3.95. The molecule has 6 nitrogen and oxygen atoms in total. The van der Waals surface area contributed by atoms with Crippen LogP contribution in [-0.4, -0.2) is 40.2 Å². The molecule has 0 saturated heterocycles. The summed E-state index contributed by atoms with van der Waals surface area (Å²) >= 11 is 5.92. The van der Waals surface area contributed by atoms with Crippen LogP contribution in [0.1, 0.15) is 18.3 Å². The van der Waals surface area contributed by atoms with Crippen LogP contribution in [-0.2, 0) is 12.8 Å². The van der Waals surface area contributed by atoms with Crippen molar-refractivity contribution in [2.45, 2.75) is 19.8 Å². The van der Waals surface area contributed by atoms with E-state index in [0.29, 0.717) is 6.54 Å². The van der Waals surface area contributed by atoms with Gasteiger partial charge in [-0.3, -0.25) is 9.39 Å². The normalized spacial score (nSPS) is 11.7. The Labute approximate surface area is 158 Å². The van der Waals surface area contributed by atoms with Crippen LogP contribution in [0.3, 0.4) is 0 Å². The quantitative estimate of drug-likeness (QED) is 0.495. The molecule has 26 heavy (non-hydrogen) atoms. The number of pyridine rings is 1. The number of nitrogens with one attached hydrogen (secondary N) is 2. The van der Waals surface area contributed by atoms with Gasteiger partial charge in [-0.05, 0) is 43.2 Å². The van der Waals surface area contributed by atoms with Crippen LogP contribution < -0.4 is 10.6 Å². The maximum atomic E-state index is 5.92. The maximum absolute atomic E-state index is 5.92. The van der Waals surface area contributed by atoms with Gasteiger partial charge in [0.15, 0.2) is 11.6 Å². The van der Waals surface area contributed by atoms with Crippen LogP contribution >= 0.6 is 11.6 Å². The molecule has 0 radical (unpaired) electrons. The zero-order valence-electron chi connectivity index (χ0n) is 14.8. The molecule has 0 aliphatic carbocycles. The Bertz CT molecular complexity index is 856. The molecule has 0 bridgehead atoms. The molecule has 0 amide bonds. The number of guanidine groups is 1. The van der Waals surface area contributed by atoms with Crippen molar-refractivity contribution in [3.63, 3.8) is 0 Å². The molecule has 136 valence electrons. The van der Waals surface area contributed by atoms with E-state index in [9.17, 15) is 0 Å². The Hall–Kier alpha value is -2.60. The molecule has 0 spiro atoms. The van der Waals surface area contributed by atoms with Gasteiger partial charge in [0.1, 0.15) is 5.82 Å². The van der Waals surface area contributed by atoms with Crippen LogP contribution in [0, 0.1) is 0 Å². The monoisotopic (exact) mass is 370 g/mol. The molecular formula is C19H23ClN6. The maximum Gasteiger partial charge on any atom is 0.191 e. The van der Waals surface area contributed by atoms with Crippen LogP contribution in [0.4, 0.5) is 0 Å². The molecule has 7 heteroatoms. The molecule has 3 rings (SSSR count). The van der Waals surface area contributed by atoms with E-state index in [1.807, 2.05) is 53.1 Å². The molecule has 0 fully saturated rings. The second-order valence-corrected chi connectivity index (χ2v) is 6.30. The van der Waals surface area contributed by atoms with Gasteiger partial charge in [0.05, 0.1) is 0 Å². The lowest BCUT2D eigenvalue weighted by Gasteiger charge is -2.11. The molecule has 0 unspecified atom stereocenters. The first-order chi connectivity index (χ1) is 12.8. The van der Waals surface area contributed by atoms with Crippen molar-refractivity contribution in [3.8, 4) is 0 Å². The second-order valence-electron chi connectivity index (χ2n) is 5.86. The molecule has 2 N–H and O–H groups in total. The Morgan fingerprint density at radius 1 is 1.08 bits per heavy atom. The minimum absolute atomic E-state index is 0.645. The lowest BCUT2D eigenvalue weighted by atomic mass is 10.1. The number of nitrogens with zero attached hydrogens (tertiary/aromatic N) is 4. The largest absolute Gasteiger partial charge is 0.357 e. The third-order valence-corrected chi connectivity index (χ3v) is 4.21. The third kappa shape index (κ3) is 4.95. The van der Waals surface area contributed by atoms with Crippen molar-refractivity contribution in [1.29, 1.82) is 0 Å². The highest BCUT2D eigenvalue weighted by Gasteiger charge is 2.04. The molecular weight excluding hydrogens is 348 g/mol. The van der Waals surface area contributed by atoms with E-state index in [-0.39, 0.29) is 0 Å². The summed E-state index contributed by atoms with van der Waals surface area (Å²) in [6.45, 7) is 4.33. The standard InChI is InChI=1S/C19H23ClN6/c1-2-21-19(22-12-10-15-6-8-16(20)9-7-15)23-13-11-18-25-24-17-5-3-4-14-26(17)18/h3-9,14H,2,10-13H2,1H3,(H2,21,22,23). The van der Waals surface area contributed by atoms with Gasteiger partial charge in [0.25, 0.3) is 0 Å². The van der Waals surface area contributed by atoms with Crippen molar-refractivity contribution < 1.29 is 0 Å². The summed E-state index contributed by atoms with van der Waals surface area (Å²) in [7, 11) is 0. The minimum atomic E-state index is 0.645. The number of benzene rings is 1. The molecule has 0 atom stereocenters. The number of fused-ring (bicyclic) bond motifs is 1. The van der Waals surface area contributed by atoms with Crippen molar-refractivity contribution in [1.82, 2.24) is 25.2 Å². The Morgan fingerprint density at radius 2 is 1.92 bits per heavy atom. The minimum Gasteiger partial charge on any atom is -0.357 e. The first kappa shape index (κ1) is 18.2. The van der Waals surface area contributed by atoms with Crippen LogP contribution in [0.15, 0.2) is 53.7 Å². The van der Waals surface area contributed by atoms with Gasteiger partial charge in [-0.15, -0.1) is 10.2 Å². The summed E-state index contributed by atoms with van der Waals surface area (Å²) in [5, 5.41) is 15.8. The van der Waals surface area contributed by atoms with E-state index in [0.717, 1.165) is 48.4 Å². The summed E-state index contributed by atoms with van der Waals surface area (Å²) in [6.07, 6.45) is 3.62. The second kappa shape index (κ2) is 9.20. The number of halogens is 1. The Kier molecular flexibility index (Phi) is 6.44. The zero-order valence-corrected chi connectivity index (χ0v) is 15.6. The summed E-state index contributed by atoms with van der Waals surface area (Å²) in [5.74, 6) is 1.73. The fourth-order valence-electron chi connectivity index (χ4n) is 2.65. The van der Waals surface area contributed by atoms with E-state index in [1.54, 1.807) is 0 Å². The molecule has 2 heterocycles. The van der Waals surface area contributed by atoms with E-state index in [2.05, 4.69) is 32.7 Å². The van der Waals surface area contributed by atoms with Crippen LogP contribution in [0.2, 0.25) is 5.02 Å². The Morgan fingerprint density at radius 3 is 2.73 bits per heavy atom. The van der Waals surface area contributed by atoms with Crippen molar-refractivity contribution >= 4 is 23.2 Å². The summed E-state index contributed by atoms with van der Waals surface area (Å²) < 4.78 is 2.00. The Balaban J connectivity index is 1.52. The van der Waals surface area contributed by atoms with E-state index in [1.165, 1.54) is 5.56 Å². The SMILES string of the molecule is CCNC(=NCCc1nnc2ccccn12)NCCc1ccc(Cl)cc1. The summed E-state index contributed by atoms with van der Waals surface area (Å²) in [4.78, 5) is 4.63. The van der Waals surface area contributed by atoms with E-state index < -0.39 is 0 Å². The molecule has 0 saturated carbocycles. The first-order valence-corrected chi connectivity index (χ1v) is 9.19. The van der Waals surface area contributed by atoms with E-state index >= 15 is 0 Å². The summed E-state index contributed by atoms with van der Waals surface area (Å²) in [6, 6.07) is 13.8. The van der Waals surface area contributed by atoms with Crippen LogP contribution in [0.5, 0.6) is 0 Å². The summed E-state index contributed by atoms with van der Waals surface area (Å²) in [5.41, 5.74) is 2.10. The molecule has 0 aliphatic heterocycles.